The van der Waals surface area contributed by atoms with E-state index in [0.29, 0.717) is 19.4 Å². The van der Waals surface area contributed by atoms with Crippen molar-refractivity contribution in [3.05, 3.63) is 72.1 Å². The summed E-state index contributed by atoms with van der Waals surface area (Å²) in [6.45, 7) is 0.479. The maximum absolute atomic E-state index is 11.8. The van der Waals surface area contributed by atoms with Crippen LogP contribution in [0, 0.1) is 0 Å². The maximum atomic E-state index is 11.8. The fraction of sp³-hybridized carbons (Fsp3) is 0.211. The first kappa shape index (κ1) is 15.9. The number of hydrogen-bond acceptors (Lipinski definition) is 5. The van der Waals surface area contributed by atoms with E-state index in [0.717, 1.165) is 16.7 Å². The van der Waals surface area contributed by atoms with E-state index < -0.39 is 0 Å². The lowest BCUT2D eigenvalue weighted by atomic mass is 10.1. The van der Waals surface area contributed by atoms with Crippen molar-refractivity contribution in [3.8, 4) is 5.69 Å². The molecule has 1 aliphatic heterocycles. The van der Waals surface area contributed by atoms with Crippen LogP contribution in [0.25, 0.3) is 5.69 Å². The van der Waals surface area contributed by atoms with Crippen LogP contribution in [0.5, 0.6) is 0 Å². The summed E-state index contributed by atoms with van der Waals surface area (Å²) in [6.07, 6.45) is 1.39. The second kappa shape index (κ2) is 7.11. The molecule has 2 heterocycles. The molecule has 0 aliphatic carbocycles. The van der Waals surface area contributed by atoms with Crippen molar-refractivity contribution in [2.45, 2.75) is 23.2 Å². The molecule has 1 fully saturated rings. The van der Waals surface area contributed by atoms with E-state index in [1.165, 1.54) is 17.3 Å². The SMILES string of the molecule is O=C1OCCC1Sc1nnc(Cc2ccccc2)n1-c1ccccc1. The molecule has 0 bridgehead atoms. The number of carbonyl (C=O) groups is 1. The Bertz CT molecular complexity index is 865. The van der Waals surface area contributed by atoms with Crippen LogP contribution < -0.4 is 0 Å². The van der Waals surface area contributed by atoms with Crippen molar-refractivity contribution >= 4 is 17.7 Å². The highest BCUT2D eigenvalue weighted by Gasteiger charge is 2.30. The molecule has 0 N–H and O–H groups in total. The maximum Gasteiger partial charge on any atom is 0.319 e. The fourth-order valence-corrected chi connectivity index (χ4v) is 3.85. The summed E-state index contributed by atoms with van der Waals surface area (Å²) in [4.78, 5) is 11.8. The summed E-state index contributed by atoms with van der Waals surface area (Å²) in [7, 11) is 0. The summed E-state index contributed by atoms with van der Waals surface area (Å²) < 4.78 is 7.10. The van der Waals surface area contributed by atoms with Gasteiger partial charge < -0.3 is 4.74 Å². The quantitative estimate of drug-likeness (QED) is 0.661. The van der Waals surface area contributed by atoms with Crippen LogP contribution >= 0.6 is 11.8 Å². The normalized spacial score (nSPS) is 16.8. The molecule has 1 aromatic heterocycles. The zero-order chi connectivity index (χ0) is 17.1. The molecule has 0 amide bonds. The highest BCUT2D eigenvalue weighted by molar-refractivity contribution is 8.00. The molecule has 1 atom stereocenters. The van der Waals surface area contributed by atoms with E-state index in [4.69, 9.17) is 4.74 Å². The van der Waals surface area contributed by atoms with E-state index in [1.54, 1.807) is 0 Å². The highest BCUT2D eigenvalue weighted by atomic mass is 32.2. The van der Waals surface area contributed by atoms with E-state index in [1.807, 2.05) is 53.1 Å². The third-order valence-electron chi connectivity index (χ3n) is 4.05. The van der Waals surface area contributed by atoms with Gasteiger partial charge >= 0.3 is 5.97 Å². The van der Waals surface area contributed by atoms with Gasteiger partial charge in [-0.1, -0.05) is 60.3 Å². The molecule has 4 rings (SSSR count). The number of esters is 1. The number of rotatable bonds is 5. The first-order valence-electron chi connectivity index (χ1n) is 8.18. The Hall–Kier alpha value is -2.60. The zero-order valence-electron chi connectivity index (χ0n) is 13.5. The van der Waals surface area contributed by atoms with Crippen molar-refractivity contribution < 1.29 is 9.53 Å². The Morgan fingerprint density at radius 2 is 1.76 bits per heavy atom. The minimum absolute atomic E-state index is 0.169. The number of aromatic nitrogens is 3. The van der Waals surface area contributed by atoms with Gasteiger partial charge in [0.15, 0.2) is 5.16 Å². The molecule has 1 unspecified atom stereocenters. The predicted molar refractivity (Wildman–Crippen MR) is 95.8 cm³/mol. The minimum Gasteiger partial charge on any atom is -0.465 e. The summed E-state index contributed by atoms with van der Waals surface area (Å²) in [5, 5.41) is 9.26. The van der Waals surface area contributed by atoms with Gasteiger partial charge in [-0.15, -0.1) is 10.2 Å². The number of hydrogen-bond donors (Lipinski definition) is 0. The third-order valence-corrected chi connectivity index (χ3v) is 5.24. The molecule has 126 valence electrons. The lowest BCUT2D eigenvalue weighted by Gasteiger charge is -2.11. The van der Waals surface area contributed by atoms with Crippen molar-refractivity contribution in [2.24, 2.45) is 0 Å². The lowest BCUT2D eigenvalue weighted by Crippen LogP contribution is -2.11. The van der Waals surface area contributed by atoms with Crippen LogP contribution in [-0.4, -0.2) is 32.6 Å². The lowest BCUT2D eigenvalue weighted by molar-refractivity contribution is -0.137. The van der Waals surface area contributed by atoms with Gasteiger partial charge in [-0.05, 0) is 17.7 Å². The molecule has 25 heavy (non-hydrogen) atoms. The number of ether oxygens (including phenoxy) is 1. The van der Waals surface area contributed by atoms with Gasteiger partial charge in [-0.2, -0.15) is 0 Å². The minimum atomic E-state index is -0.212. The number of cyclic esters (lactones) is 1. The van der Waals surface area contributed by atoms with Gasteiger partial charge in [0.1, 0.15) is 11.1 Å². The Balaban J connectivity index is 1.70. The number of benzene rings is 2. The molecule has 1 saturated heterocycles. The van der Waals surface area contributed by atoms with Crippen LogP contribution in [0.3, 0.4) is 0 Å². The van der Waals surface area contributed by atoms with Gasteiger partial charge in [0.05, 0.1) is 6.61 Å². The summed E-state index contributed by atoms with van der Waals surface area (Å²) in [5.74, 6) is 0.684. The first-order chi connectivity index (χ1) is 12.3. The van der Waals surface area contributed by atoms with Gasteiger partial charge in [-0.25, -0.2) is 0 Å². The second-order valence-corrected chi connectivity index (χ2v) is 6.96. The molecule has 0 saturated carbocycles. The fourth-order valence-electron chi connectivity index (χ4n) is 2.82. The number of thioether (sulfide) groups is 1. The molecule has 0 radical (unpaired) electrons. The van der Waals surface area contributed by atoms with E-state index in [9.17, 15) is 4.79 Å². The molecule has 0 spiro atoms. The smallest absolute Gasteiger partial charge is 0.319 e. The van der Waals surface area contributed by atoms with E-state index in [-0.39, 0.29) is 11.2 Å². The van der Waals surface area contributed by atoms with Gasteiger partial charge in [-0.3, -0.25) is 9.36 Å². The molecule has 2 aromatic carbocycles. The number of para-hydroxylation sites is 1. The number of carbonyl (C=O) groups excluding carboxylic acids is 1. The Kier molecular flexibility index (Phi) is 4.52. The molecular formula is C19H17N3O2S. The monoisotopic (exact) mass is 351 g/mol. The molecular weight excluding hydrogens is 334 g/mol. The van der Waals surface area contributed by atoms with Gasteiger partial charge in [0, 0.05) is 18.5 Å². The van der Waals surface area contributed by atoms with Crippen LogP contribution in [0.15, 0.2) is 65.8 Å². The largest absolute Gasteiger partial charge is 0.465 e. The topological polar surface area (TPSA) is 57.0 Å². The van der Waals surface area contributed by atoms with E-state index >= 15 is 0 Å². The molecule has 5 nitrogen and oxygen atoms in total. The average Bonchev–Trinajstić information content (AvgIpc) is 3.23. The summed E-state index contributed by atoms with van der Waals surface area (Å²) in [5.41, 5.74) is 2.16. The second-order valence-electron chi connectivity index (χ2n) is 5.79. The standard InChI is InChI=1S/C19H17N3O2S/c23-18-16(11-12-24-18)25-19-21-20-17(13-14-7-3-1-4-8-14)22(19)15-9-5-2-6-10-15/h1-10,16H,11-13H2. The van der Waals surface area contributed by atoms with Crippen molar-refractivity contribution in [1.82, 2.24) is 14.8 Å². The van der Waals surface area contributed by atoms with Crippen molar-refractivity contribution in [2.75, 3.05) is 6.61 Å². The van der Waals surface area contributed by atoms with Gasteiger partial charge in [0.2, 0.25) is 0 Å². The van der Waals surface area contributed by atoms with E-state index in [2.05, 4.69) is 22.3 Å². The molecule has 1 aliphatic rings. The average molecular weight is 351 g/mol. The van der Waals surface area contributed by atoms with Crippen LogP contribution in [-0.2, 0) is 16.0 Å². The third kappa shape index (κ3) is 3.44. The Morgan fingerprint density at radius 1 is 1.04 bits per heavy atom. The summed E-state index contributed by atoms with van der Waals surface area (Å²) >= 11 is 1.43. The van der Waals surface area contributed by atoms with Crippen LogP contribution in [0.4, 0.5) is 0 Å². The van der Waals surface area contributed by atoms with Crippen LogP contribution in [0.1, 0.15) is 17.8 Å². The molecule has 6 heteroatoms. The zero-order valence-corrected chi connectivity index (χ0v) is 14.4. The summed E-state index contributed by atoms with van der Waals surface area (Å²) in [6, 6.07) is 20.2. The first-order valence-corrected chi connectivity index (χ1v) is 9.06. The Labute approximate surface area is 150 Å². The van der Waals surface area contributed by atoms with Crippen LogP contribution in [0.2, 0.25) is 0 Å². The van der Waals surface area contributed by atoms with Gasteiger partial charge in [0.25, 0.3) is 0 Å². The predicted octanol–water partition coefficient (Wildman–Crippen LogP) is 3.27. The number of nitrogens with zero attached hydrogens (tertiary/aromatic N) is 3. The Morgan fingerprint density at radius 3 is 2.44 bits per heavy atom. The highest BCUT2D eigenvalue weighted by Crippen LogP contribution is 2.31. The van der Waals surface area contributed by atoms with Crippen molar-refractivity contribution in [1.29, 1.82) is 0 Å². The molecule has 3 aromatic rings. The van der Waals surface area contributed by atoms with Crippen molar-refractivity contribution in [3.63, 3.8) is 0 Å².